The number of hydrogen-bond donors (Lipinski definition) is 2. The van der Waals surface area contributed by atoms with Gasteiger partial charge in [-0.3, -0.25) is 0 Å². The van der Waals surface area contributed by atoms with Crippen LogP contribution in [0.2, 0.25) is 0 Å². The van der Waals surface area contributed by atoms with Crippen LogP contribution in [0.5, 0.6) is 0 Å². The SMILES string of the molecule is CC(C)(C)OC(=O)NCCC#Cc1cccc2[nH]ccc12. The molecule has 110 valence electrons. The minimum Gasteiger partial charge on any atom is -0.444 e. The van der Waals surface area contributed by atoms with Crippen LogP contribution in [0, 0.1) is 11.8 Å². The Morgan fingerprint density at radius 2 is 2.14 bits per heavy atom. The van der Waals surface area contributed by atoms with Gasteiger partial charge in [-0.05, 0) is 39.0 Å². The number of fused-ring (bicyclic) bond motifs is 1. The summed E-state index contributed by atoms with van der Waals surface area (Å²) >= 11 is 0. The van der Waals surface area contributed by atoms with E-state index < -0.39 is 11.7 Å². The number of carbonyl (C=O) groups excluding carboxylic acids is 1. The number of alkyl carbamates (subject to hydrolysis) is 1. The molecule has 0 spiro atoms. The van der Waals surface area contributed by atoms with Crippen LogP contribution in [0.25, 0.3) is 10.9 Å². The van der Waals surface area contributed by atoms with Crippen molar-refractivity contribution in [3.05, 3.63) is 36.0 Å². The van der Waals surface area contributed by atoms with E-state index in [2.05, 4.69) is 22.1 Å². The quantitative estimate of drug-likeness (QED) is 0.655. The first-order chi connectivity index (χ1) is 9.96. The zero-order valence-corrected chi connectivity index (χ0v) is 12.6. The lowest BCUT2D eigenvalue weighted by molar-refractivity contribution is 0.0529. The average Bonchev–Trinajstić information content (AvgIpc) is 2.85. The Morgan fingerprint density at radius 3 is 2.90 bits per heavy atom. The van der Waals surface area contributed by atoms with Crippen molar-refractivity contribution in [2.75, 3.05) is 6.54 Å². The normalized spacial score (nSPS) is 10.8. The molecule has 0 bridgehead atoms. The standard InChI is InChI=1S/C17H20N2O2/c1-17(2,3)21-16(20)19-11-5-4-7-13-8-6-9-15-14(13)10-12-18-15/h6,8-10,12,18H,5,11H2,1-3H3,(H,19,20). The summed E-state index contributed by atoms with van der Waals surface area (Å²) in [6.07, 6.45) is 2.08. The van der Waals surface area contributed by atoms with Crippen molar-refractivity contribution in [3.63, 3.8) is 0 Å². The van der Waals surface area contributed by atoms with Gasteiger partial charge in [0.25, 0.3) is 0 Å². The molecule has 2 rings (SSSR count). The molecule has 1 amide bonds. The van der Waals surface area contributed by atoms with Crippen LogP contribution >= 0.6 is 0 Å². The van der Waals surface area contributed by atoms with Crippen molar-refractivity contribution in [3.8, 4) is 11.8 Å². The number of H-pyrrole nitrogens is 1. The predicted octanol–water partition coefficient (Wildman–Crippen LogP) is 3.43. The Hall–Kier alpha value is -2.41. The Bertz CT molecular complexity index is 684. The van der Waals surface area contributed by atoms with Gasteiger partial charge < -0.3 is 15.0 Å². The zero-order chi connectivity index (χ0) is 15.3. The third-order valence-corrected chi connectivity index (χ3v) is 2.74. The highest BCUT2D eigenvalue weighted by Gasteiger charge is 2.15. The maximum Gasteiger partial charge on any atom is 0.407 e. The molecule has 4 heteroatoms. The van der Waals surface area contributed by atoms with Crippen LogP contribution in [0.4, 0.5) is 4.79 Å². The molecule has 1 heterocycles. The van der Waals surface area contributed by atoms with E-state index in [1.54, 1.807) is 0 Å². The van der Waals surface area contributed by atoms with E-state index >= 15 is 0 Å². The van der Waals surface area contributed by atoms with Crippen LogP contribution in [0.3, 0.4) is 0 Å². The fourth-order valence-electron chi connectivity index (χ4n) is 1.89. The van der Waals surface area contributed by atoms with Crippen LogP contribution < -0.4 is 5.32 Å². The molecule has 0 radical (unpaired) electrons. The number of aromatic nitrogens is 1. The van der Waals surface area contributed by atoms with Gasteiger partial charge >= 0.3 is 6.09 Å². The van der Waals surface area contributed by atoms with E-state index in [1.807, 2.05) is 51.2 Å². The highest BCUT2D eigenvalue weighted by Crippen LogP contribution is 2.16. The van der Waals surface area contributed by atoms with Crippen molar-refractivity contribution in [2.24, 2.45) is 0 Å². The summed E-state index contributed by atoms with van der Waals surface area (Å²) < 4.78 is 5.15. The van der Waals surface area contributed by atoms with Crippen LogP contribution in [-0.4, -0.2) is 23.2 Å². The van der Waals surface area contributed by atoms with Crippen molar-refractivity contribution in [1.29, 1.82) is 0 Å². The molecule has 0 atom stereocenters. The Balaban J connectivity index is 1.85. The molecule has 0 saturated heterocycles. The van der Waals surface area contributed by atoms with Gasteiger partial charge in [0.05, 0.1) is 0 Å². The molecule has 1 aromatic carbocycles. The van der Waals surface area contributed by atoms with Gasteiger partial charge in [-0.1, -0.05) is 17.9 Å². The van der Waals surface area contributed by atoms with Gasteiger partial charge in [-0.15, -0.1) is 0 Å². The van der Waals surface area contributed by atoms with Crippen molar-refractivity contribution < 1.29 is 9.53 Å². The van der Waals surface area contributed by atoms with E-state index in [9.17, 15) is 4.79 Å². The summed E-state index contributed by atoms with van der Waals surface area (Å²) in [5.41, 5.74) is 1.60. The lowest BCUT2D eigenvalue weighted by Gasteiger charge is -2.19. The summed E-state index contributed by atoms with van der Waals surface area (Å²) in [6, 6.07) is 8.00. The monoisotopic (exact) mass is 284 g/mol. The molecular weight excluding hydrogens is 264 g/mol. The number of rotatable bonds is 2. The maximum atomic E-state index is 11.4. The predicted molar refractivity (Wildman–Crippen MR) is 84.0 cm³/mol. The van der Waals surface area contributed by atoms with E-state index in [-0.39, 0.29) is 0 Å². The second-order valence-electron chi connectivity index (χ2n) is 5.72. The number of hydrogen-bond acceptors (Lipinski definition) is 2. The van der Waals surface area contributed by atoms with Crippen LogP contribution in [0.1, 0.15) is 32.8 Å². The van der Waals surface area contributed by atoms with Gasteiger partial charge in [0.2, 0.25) is 0 Å². The molecule has 0 aliphatic heterocycles. The number of nitrogens with one attached hydrogen (secondary N) is 2. The van der Waals surface area contributed by atoms with E-state index in [0.29, 0.717) is 13.0 Å². The van der Waals surface area contributed by atoms with Gasteiger partial charge in [0.1, 0.15) is 5.60 Å². The molecule has 2 aromatic rings. The third-order valence-electron chi connectivity index (χ3n) is 2.74. The average molecular weight is 284 g/mol. The minimum atomic E-state index is -0.473. The second kappa shape index (κ2) is 6.36. The summed E-state index contributed by atoms with van der Waals surface area (Å²) in [6.45, 7) is 5.99. The fraction of sp³-hybridized carbons (Fsp3) is 0.353. The minimum absolute atomic E-state index is 0.406. The number of benzene rings is 1. The Kier molecular flexibility index (Phi) is 4.54. The molecule has 0 aliphatic rings. The highest BCUT2D eigenvalue weighted by atomic mass is 16.6. The summed E-state index contributed by atoms with van der Waals surface area (Å²) in [7, 11) is 0. The van der Waals surface area contributed by atoms with Gasteiger partial charge in [-0.2, -0.15) is 0 Å². The zero-order valence-electron chi connectivity index (χ0n) is 12.6. The van der Waals surface area contributed by atoms with Crippen molar-refractivity contribution >= 4 is 17.0 Å². The first-order valence-corrected chi connectivity index (χ1v) is 6.97. The molecule has 4 nitrogen and oxygen atoms in total. The number of ether oxygens (including phenoxy) is 1. The summed E-state index contributed by atoms with van der Waals surface area (Å²) in [5, 5.41) is 3.80. The fourth-order valence-corrected chi connectivity index (χ4v) is 1.89. The number of aromatic amines is 1. The molecular formula is C17H20N2O2. The van der Waals surface area contributed by atoms with Crippen molar-refractivity contribution in [1.82, 2.24) is 10.3 Å². The largest absolute Gasteiger partial charge is 0.444 e. The lowest BCUT2D eigenvalue weighted by Crippen LogP contribution is -2.32. The third kappa shape index (κ3) is 4.57. The first-order valence-electron chi connectivity index (χ1n) is 6.97. The first kappa shape index (κ1) is 15.0. The second-order valence-corrected chi connectivity index (χ2v) is 5.72. The Morgan fingerprint density at radius 1 is 1.33 bits per heavy atom. The molecule has 1 aromatic heterocycles. The van der Waals surface area contributed by atoms with Crippen LogP contribution in [-0.2, 0) is 4.74 Å². The maximum absolute atomic E-state index is 11.4. The molecule has 0 unspecified atom stereocenters. The molecule has 0 saturated carbocycles. The van der Waals surface area contributed by atoms with Crippen LogP contribution in [0.15, 0.2) is 30.5 Å². The lowest BCUT2D eigenvalue weighted by atomic mass is 10.1. The van der Waals surface area contributed by atoms with E-state index in [4.69, 9.17) is 4.74 Å². The van der Waals surface area contributed by atoms with Gasteiger partial charge in [-0.25, -0.2) is 4.79 Å². The summed E-state index contributed by atoms with van der Waals surface area (Å²) in [4.78, 5) is 14.6. The number of amides is 1. The molecule has 21 heavy (non-hydrogen) atoms. The Labute approximate surface area is 124 Å². The van der Waals surface area contributed by atoms with Crippen molar-refractivity contribution in [2.45, 2.75) is 32.8 Å². The number of carbonyl (C=O) groups is 1. The molecule has 0 fully saturated rings. The van der Waals surface area contributed by atoms with E-state index in [1.165, 1.54) is 0 Å². The summed E-state index contributed by atoms with van der Waals surface area (Å²) in [5.74, 6) is 6.20. The van der Waals surface area contributed by atoms with E-state index in [0.717, 1.165) is 16.5 Å². The highest BCUT2D eigenvalue weighted by molar-refractivity contribution is 5.85. The molecule has 2 N–H and O–H groups in total. The molecule has 0 aliphatic carbocycles. The van der Waals surface area contributed by atoms with Gasteiger partial charge in [0.15, 0.2) is 0 Å². The topological polar surface area (TPSA) is 54.1 Å². The van der Waals surface area contributed by atoms with Gasteiger partial charge in [0, 0.05) is 35.6 Å². The smallest absolute Gasteiger partial charge is 0.407 e.